The molecule has 5 nitrogen and oxygen atoms in total. The number of carbonyl (C=O) groups is 1. The number of nitrogens with one attached hydrogen (secondary N) is 1. The zero-order valence-electron chi connectivity index (χ0n) is 11.8. The van der Waals surface area contributed by atoms with Crippen molar-refractivity contribution in [1.29, 1.82) is 0 Å². The minimum Gasteiger partial charge on any atom is -0.362 e. The van der Waals surface area contributed by atoms with Gasteiger partial charge < -0.3 is 10.1 Å². The van der Waals surface area contributed by atoms with Crippen molar-refractivity contribution in [3.8, 4) is 0 Å². The normalized spacial score (nSPS) is 11.1. The molecule has 1 aromatic rings. The van der Waals surface area contributed by atoms with E-state index >= 15 is 0 Å². The van der Waals surface area contributed by atoms with Crippen molar-refractivity contribution in [3.63, 3.8) is 0 Å². The van der Waals surface area contributed by atoms with Crippen molar-refractivity contribution < 1.29 is 9.53 Å². The van der Waals surface area contributed by atoms with Crippen molar-refractivity contribution in [1.82, 2.24) is 15.3 Å². The predicted octanol–water partition coefficient (Wildman–Crippen LogP) is 2.16. The smallest absolute Gasteiger partial charge is 0.273 e. The summed E-state index contributed by atoms with van der Waals surface area (Å²) in [6.45, 7) is 11.3. The lowest BCUT2D eigenvalue weighted by atomic mass is 10.3. The zero-order chi connectivity index (χ0) is 14.3. The average molecular weight is 279 g/mol. The fourth-order valence-corrected chi connectivity index (χ4v) is 2.08. The van der Waals surface area contributed by atoms with Crippen LogP contribution < -0.4 is 5.32 Å². The third kappa shape index (κ3) is 5.76. The lowest BCUT2D eigenvalue weighted by molar-refractivity contribution is 0.0810. The van der Waals surface area contributed by atoms with Gasteiger partial charge in [-0.1, -0.05) is 26.2 Å². The van der Waals surface area contributed by atoms with Crippen molar-refractivity contribution in [2.45, 2.75) is 25.7 Å². The highest BCUT2D eigenvalue weighted by Crippen LogP contribution is 2.07. The Hall–Kier alpha value is -1.53. The SMILES string of the molecule is C=Cc1nccnc1C(=O)NCOCC[Si](C)(C)C. The van der Waals surface area contributed by atoms with E-state index in [0.717, 1.165) is 6.04 Å². The molecule has 0 aromatic carbocycles. The molecular formula is C13H21N3O2Si. The van der Waals surface area contributed by atoms with E-state index in [1.807, 2.05) is 0 Å². The molecule has 1 rings (SSSR count). The van der Waals surface area contributed by atoms with Gasteiger partial charge in [0, 0.05) is 27.1 Å². The first-order valence-corrected chi connectivity index (χ1v) is 9.94. The first kappa shape index (κ1) is 15.5. The molecular weight excluding hydrogens is 258 g/mol. The molecule has 0 radical (unpaired) electrons. The third-order valence-electron chi connectivity index (χ3n) is 2.47. The van der Waals surface area contributed by atoms with Gasteiger partial charge in [-0.2, -0.15) is 0 Å². The average Bonchev–Trinajstić information content (AvgIpc) is 2.36. The van der Waals surface area contributed by atoms with Crippen molar-refractivity contribution in [3.05, 3.63) is 30.4 Å². The van der Waals surface area contributed by atoms with Crippen LogP contribution in [0.2, 0.25) is 25.7 Å². The van der Waals surface area contributed by atoms with Crippen LogP contribution in [0.4, 0.5) is 0 Å². The molecule has 0 fully saturated rings. The van der Waals surface area contributed by atoms with Gasteiger partial charge >= 0.3 is 0 Å². The second-order valence-electron chi connectivity index (χ2n) is 5.36. The van der Waals surface area contributed by atoms with Crippen LogP contribution >= 0.6 is 0 Å². The van der Waals surface area contributed by atoms with Gasteiger partial charge in [0.05, 0.1) is 5.69 Å². The Kier molecular flexibility index (Phi) is 5.84. The molecule has 0 bridgehead atoms. The van der Waals surface area contributed by atoms with Crippen LogP contribution in [0.5, 0.6) is 0 Å². The van der Waals surface area contributed by atoms with Gasteiger partial charge in [0.15, 0.2) is 5.69 Å². The highest BCUT2D eigenvalue weighted by atomic mass is 28.3. The van der Waals surface area contributed by atoms with Gasteiger partial charge in [-0.15, -0.1) is 0 Å². The quantitative estimate of drug-likeness (QED) is 0.472. The molecule has 1 aromatic heterocycles. The van der Waals surface area contributed by atoms with Crippen LogP contribution in [-0.2, 0) is 4.74 Å². The first-order valence-electron chi connectivity index (χ1n) is 6.23. The standard InChI is InChI=1S/C13H21N3O2Si/c1-5-11-12(15-7-6-14-11)13(17)16-10-18-8-9-19(2,3)4/h5-7H,1,8-10H2,2-4H3,(H,16,17). The number of ether oxygens (including phenoxy) is 1. The lowest BCUT2D eigenvalue weighted by Crippen LogP contribution is -2.29. The van der Waals surface area contributed by atoms with Crippen LogP contribution in [0.25, 0.3) is 6.08 Å². The van der Waals surface area contributed by atoms with E-state index in [9.17, 15) is 4.79 Å². The molecule has 0 aliphatic carbocycles. The fraction of sp³-hybridized carbons (Fsp3) is 0.462. The number of nitrogens with zero attached hydrogens (tertiary/aromatic N) is 2. The summed E-state index contributed by atoms with van der Waals surface area (Å²) in [7, 11) is -1.09. The maximum atomic E-state index is 11.9. The van der Waals surface area contributed by atoms with Crippen molar-refractivity contribution in [2.75, 3.05) is 13.3 Å². The molecule has 19 heavy (non-hydrogen) atoms. The van der Waals surface area contributed by atoms with E-state index in [0.29, 0.717) is 12.3 Å². The summed E-state index contributed by atoms with van der Waals surface area (Å²) in [6, 6.07) is 1.08. The zero-order valence-corrected chi connectivity index (χ0v) is 12.8. The first-order chi connectivity index (χ1) is 8.94. The van der Waals surface area contributed by atoms with E-state index < -0.39 is 8.07 Å². The van der Waals surface area contributed by atoms with Crippen molar-refractivity contribution in [2.24, 2.45) is 0 Å². The van der Waals surface area contributed by atoms with E-state index in [4.69, 9.17) is 4.74 Å². The Morgan fingerprint density at radius 2 is 2.11 bits per heavy atom. The number of aromatic nitrogens is 2. The van der Waals surface area contributed by atoms with Gasteiger partial charge in [0.2, 0.25) is 0 Å². The van der Waals surface area contributed by atoms with Crippen molar-refractivity contribution >= 4 is 20.1 Å². The Balaban J connectivity index is 2.38. The molecule has 0 aliphatic rings. The van der Waals surface area contributed by atoms with Crippen LogP contribution in [0.1, 0.15) is 16.2 Å². The molecule has 1 amide bonds. The monoisotopic (exact) mass is 279 g/mol. The Labute approximate surface area is 115 Å². The molecule has 1 N–H and O–H groups in total. The maximum absolute atomic E-state index is 11.9. The van der Waals surface area contributed by atoms with Gasteiger partial charge in [0.1, 0.15) is 6.73 Å². The highest BCUT2D eigenvalue weighted by molar-refractivity contribution is 6.76. The highest BCUT2D eigenvalue weighted by Gasteiger charge is 2.13. The summed E-state index contributed by atoms with van der Waals surface area (Å²) in [5.41, 5.74) is 0.744. The van der Waals surface area contributed by atoms with Crippen LogP contribution in [-0.4, -0.2) is 37.3 Å². The van der Waals surface area contributed by atoms with E-state index in [2.05, 4.69) is 41.5 Å². The van der Waals surface area contributed by atoms with Crippen LogP contribution in [0, 0.1) is 0 Å². The summed E-state index contributed by atoms with van der Waals surface area (Å²) in [5, 5.41) is 2.66. The van der Waals surface area contributed by atoms with E-state index in [1.165, 1.54) is 18.5 Å². The second-order valence-corrected chi connectivity index (χ2v) is 11.0. The number of amides is 1. The summed E-state index contributed by atoms with van der Waals surface area (Å²) in [4.78, 5) is 19.9. The molecule has 0 spiro atoms. The lowest BCUT2D eigenvalue weighted by Gasteiger charge is -2.15. The number of rotatable bonds is 7. The van der Waals surface area contributed by atoms with E-state index in [-0.39, 0.29) is 18.3 Å². The van der Waals surface area contributed by atoms with Gasteiger partial charge in [-0.25, -0.2) is 4.98 Å². The summed E-state index contributed by atoms with van der Waals surface area (Å²) in [5.74, 6) is -0.295. The molecule has 0 aliphatic heterocycles. The van der Waals surface area contributed by atoms with Gasteiger partial charge in [0.25, 0.3) is 5.91 Å². The third-order valence-corrected chi connectivity index (χ3v) is 4.17. The predicted molar refractivity (Wildman–Crippen MR) is 78.6 cm³/mol. The molecule has 104 valence electrons. The molecule has 0 unspecified atom stereocenters. The van der Waals surface area contributed by atoms with Crippen LogP contribution in [0.3, 0.4) is 0 Å². The number of carbonyl (C=O) groups excluding carboxylic acids is 1. The number of hydrogen-bond donors (Lipinski definition) is 1. The Bertz CT molecular complexity index is 444. The maximum Gasteiger partial charge on any atom is 0.273 e. The largest absolute Gasteiger partial charge is 0.362 e. The summed E-state index contributed by atoms with van der Waals surface area (Å²) >= 11 is 0. The van der Waals surface area contributed by atoms with E-state index in [1.54, 1.807) is 0 Å². The molecule has 0 atom stereocenters. The van der Waals surface area contributed by atoms with Gasteiger partial charge in [-0.3, -0.25) is 9.78 Å². The molecule has 1 heterocycles. The molecule has 6 heteroatoms. The fourth-order valence-electron chi connectivity index (χ4n) is 1.32. The Morgan fingerprint density at radius 3 is 2.74 bits per heavy atom. The Morgan fingerprint density at radius 1 is 1.42 bits per heavy atom. The summed E-state index contributed by atoms with van der Waals surface area (Å²) in [6.07, 6.45) is 4.51. The second kappa shape index (κ2) is 7.15. The molecule has 0 saturated heterocycles. The number of hydrogen-bond acceptors (Lipinski definition) is 4. The van der Waals surface area contributed by atoms with Gasteiger partial charge in [-0.05, 0) is 12.1 Å². The minimum absolute atomic E-state index is 0.191. The minimum atomic E-state index is -1.09. The topological polar surface area (TPSA) is 64.1 Å². The molecule has 0 saturated carbocycles. The van der Waals surface area contributed by atoms with Crippen LogP contribution in [0.15, 0.2) is 19.0 Å². The summed E-state index contributed by atoms with van der Waals surface area (Å²) < 4.78 is 5.40.